The molecule has 4 rings (SSSR count). The Morgan fingerprint density at radius 2 is 1.97 bits per heavy atom. The molecule has 0 unspecified atom stereocenters. The number of hydrogen-bond acceptors (Lipinski definition) is 6. The van der Waals surface area contributed by atoms with E-state index >= 15 is 0 Å². The number of likely N-dealkylation sites (N-methyl/N-ethyl adjacent to an activating group) is 1. The van der Waals surface area contributed by atoms with E-state index in [2.05, 4.69) is 15.3 Å². The predicted molar refractivity (Wildman–Crippen MR) is 121 cm³/mol. The van der Waals surface area contributed by atoms with Crippen LogP contribution in [0.4, 0.5) is 14.6 Å². The Bertz CT molecular complexity index is 1410. The van der Waals surface area contributed by atoms with Crippen molar-refractivity contribution in [3.8, 4) is 5.88 Å². The first-order valence-electron chi connectivity index (χ1n) is 10.3. The van der Waals surface area contributed by atoms with Crippen LogP contribution in [0.15, 0.2) is 51.7 Å². The van der Waals surface area contributed by atoms with E-state index in [0.717, 1.165) is 22.3 Å². The molecule has 0 bridgehead atoms. The summed E-state index contributed by atoms with van der Waals surface area (Å²) in [4.78, 5) is 46.7. The van der Waals surface area contributed by atoms with Gasteiger partial charge in [0.25, 0.3) is 5.56 Å². The van der Waals surface area contributed by atoms with Gasteiger partial charge in [0.1, 0.15) is 5.82 Å². The maximum atomic E-state index is 13.6. The molecule has 2 N–H and O–H groups in total. The van der Waals surface area contributed by atoms with E-state index in [9.17, 15) is 23.2 Å². The van der Waals surface area contributed by atoms with Crippen LogP contribution in [0.2, 0.25) is 0 Å². The van der Waals surface area contributed by atoms with Crippen molar-refractivity contribution in [2.45, 2.75) is 13.1 Å². The number of anilines is 1. The highest BCUT2D eigenvalue weighted by molar-refractivity contribution is 6.00. The van der Waals surface area contributed by atoms with Crippen molar-refractivity contribution in [3.63, 3.8) is 0 Å². The van der Waals surface area contributed by atoms with Crippen LogP contribution in [0, 0.1) is 11.6 Å². The zero-order chi connectivity index (χ0) is 24.4. The number of pyridine rings is 1. The molecule has 0 spiro atoms. The zero-order valence-corrected chi connectivity index (χ0v) is 18.4. The van der Waals surface area contributed by atoms with Crippen LogP contribution in [-0.2, 0) is 17.9 Å². The van der Waals surface area contributed by atoms with Crippen LogP contribution in [0.3, 0.4) is 0 Å². The smallest absolute Gasteiger partial charge is 0.330 e. The van der Waals surface area contributed by atoms with Gasteiger partial charge in [0, 0.05) is 38.0 Å². The van der Waals surface area contributed by atoms with E-state index in [1.807, 2.05) is 0 Å². The zero-order valence-electron chi connectivity index (χ0n) is 18.4. The second-order valence-electron chi connectivity index (χ2n) is 7.75. The average Bonchev–Trinajstić information content (AvgIpc) is 2.83. The molecule has 1 aliphatic rings. The summed E-state index contributed by atoms with van der Waals surface area (Å²) in [5.41, 5.74) is 0.104. The molecule has 0 atom stereocenters. The van der Waals surface area contributed by atoms with Crippen LogP contribution in [0.5, 0.6) is 5.88 Å². The third-order valence-electron chi connectivity index (χ3n) is 5.39. The molecule has 0 aliphatic carbocycles. The number of carbonyl (C=O) groups excluding carboxylic acids is 1. The number of fused-ring (bicyclic) bond motifs is 1. The minimum Gasteiger partial charge on any atom is -0.481 e. The number of halogens is 2. The molecule has 1 aromatic carbocycles. The topological polar surface area (TPSA) is 109 Å². The summed E-state index contributed by atoms with van der Waals surface area (Å²) < 4.78 is 32.7. The van der Waals surface area contributed by atoms with E-state index < -0.39 is 22.9 Å². The summed E-state index contributed by atoms with van der Waals surface area (Å²) in [5, 5.41) is 2.79. The standard InChI is InChI=1S/C23H21F2N5O4/c1-29-12-15(21(31)27-10-13-5-6-26-19(8-13)34-2)9-16-20(29)28-23(33)30(22(16)32)11-14-3-4-17(24)18(25)7-14/h3-9H,10-12H2,1-2H3,(H,27,31)(H,28,33). The first kappa shape index (κ1) is 22.9. The number of carbonyl (C=O) groups is 1. The second kappa shape index (κ2) is 9.30. The van der Waals surface area contributed by atoms with Crippen LogP contribution < -0.4 is 26.2 Å². The number of aromatic nitrogens is 3. The number of aromatic amines is 1. The number of H-pyrrole nitrogens is 1. The number of ether oxygens (including phenoxy) is 1. The first-order valence-corrected chi connectivity index (χ1v) is 10.3. The third-order valence-corrected chi connectivity index (χ3v) is 5.39. The van der Waals surface area contributed by atoms with E-state index in [0.29, 0.717) is 11.5 Å². The number of methoxy groups -OCH3 is 1. The Labute approximate surface area is 192 Å². The predicted octanol–water partition coefficient (Wildman–Crippen LogP) is 1.42. The van der Waals surface area contributed by atoms with Gasteiger partial charge in [0.05, 0.1) is 19.2 Å². The molecule has 34 heavy (non-hydrogen) atoms. The van der Waals surface area contributed by atoms with E-state index in [1.54, 1.807) is 30.3 Å². The number of nitrogens with one attached hydrogen (secondary N) is 2. The SMILES string of the molecule is COc1cc(CNC(=O)C2=Cc3c([nH]c(=O)n(Cc4ccc(F)c(F)c4)c3=O)N(C)C2)ccn1. The molecule has 2 aromatic heterocycles. The normalized spacial score (nSPS) is 12.7. The Hall–Kier alpha value is -4.28. The fourth-order valence-electron chi connectivity index (χ4n) is 3.63. The van der Waals surface area contributed by atoms with E-state index in [4.69, 9.17) is 4.74 Å². The number of nitrogens with zero attached hydrogens (tertiary/aromatic N) is 3. The average molecular weight is 469 g/mol. The van der Waals surface area contributed by atoms with E-state index in [-0.39, 0.29) is 42.5 Å². The van der Waals surface area contributed by atoms with E-state index in [1.165, 1.54) is 19.3 Å². The maximum absolute atomic E-state index is 13.6. The van der Waals surface area contributed by atoms with Crippen molar-refractivity contribution in [2.75, 3.05) is 25.6 Å². The first-order chi connectivity index (χ1) is 16.3. The van der Waals surface area contributed by atoms with Gasteiger partial charge in [-0.25, -0.2) is 18.6 Å². The number of hydrogen-bond donors (Lipinski definition) is 2. The third kappa shape index (κ3) is 4.58. The minimum absolute atomic E-state index is 0.117. The van der Waals surface area contributed by atoms with Gasteiger partial charge in [-0.2, -0.15) is 0 Å². The van der Waals surface area contributed by atoms with Crippen LogP contribution in [-0.4, -0.2) is 41.1 Å². The van der Waals surface area contributed by atoms with Crippen molar-refractivity contribution < 1.29 is 18.3 Å². The maximum Gasteiger partial charge on any atom is 0.330 e. The van der Waals surface area contributed by atoms with Gasteiger partial charge in [0.2, 0.25) is 11.8 Å². The molecular formula is C23H21F2N5O4. The second-order valence-corrected chi connectivity index (χ2v) is 7.75. The van der Waals surface area contributed by atoms with Gasteiger partial charge in [0.15, 0.2) is 11.6 Å². The van der Waals surface area contributed by atoms with Gasteiger partial charge in [-0.05, 0) is 35.4 Å². The molecule has 9 nitrogen and oxygen atoms in total. The lowest BCUT2D eigenvalue weighted by atomic mass is 10.1. The molecular weight excluding hydrogens is 448 g/mol. The Morgan fingerprint density at radius 1 is 1.18 bits per heavy atom. The van der Waals surface area contributed by atoms with Crippen molar-refractivity contribution in [1.82, 2.24) is 19.9 Å². The lowest BCUT2D eigenvalue weighted by Gasteiger charge is -2.26. The van der Waals surface area contributed by atoms with Crippen molar-refractivity contribution >= 4 is 17.8 Å². The van der Waals surface area contributed by atoms with Crippen LogP contribution >= 0.6 is 0 Å². The van der Waals surface area contributed by atoms with Gasteiger partial charge >= 0.3 is 5.69 Å². The summed E-state index contributed by atoms with van der Waals surface area (Å²) in [6.45, 7) is 0.125. The molecule has 0 fully saturated rings. The van der Waals surface area contributed by atoms with Gasteiger partial charge in [-0.3, -0.25) is 19.1 Å². The molecule has 1 amide bonds. The molecule has 0 saturated heterocycles. The Morgan fingerprint density at radius 3 is 2.71 bits per heavy atom. The van der Waals surface area contributed by atoms with Crippen molar-refractivity contribution in [1.29, 1.82) is 0 Å². The number of benzene rings is 1. The summed E-state index contributed by atoms with van der Waals surface area (Å²) in [7, 11) is 3.14. The van der Waals surface area contributed by atoms with Gasteiger partial charge in [-0.15, -0.1) is 0 Å². The monoisotopic (exact) mass is 469 g/mol. The molecule has 3 heterocycles. The summed E-state index contributed by atoms with van der Waals surface area (Å²) in [5.74, 6) is -1.80. The summed E-state index contributed by atoms with van der Waals surface area (Å²) in [6, 6.07) is 6.57. The number of rotatable bonds is 6. The largest absolute Gasteiger partial charge is 0.481 e. The quantitative estimate of drug-likeness (QED) is 0.565. The fraction of sp³-hybridized carbons (Fsp3) is 0.217. The lowest BCUT2D eigenvalue weighted by molar-refractivity contribution is -0.117. The van der Waals surface area contributed by atoms with Gasteiger partial charge in [-0.1, -0.05) is 6.07 Å². The molecule has 3 aromatic rings. The fourth-order valence-corrected chi connectivity index (χ4v) is 3.63. The summed E-state index contributed by atoms with van der Waals surface area (Å²) >= 11 is 0. The Balaban J connectivity index is 1.61. The number of amides is 1. The van der Waals surface area contributed by atoms with Crippen molar-refractivity contribution in [2.24, 2.45) is 0 Å². The highest BCUT2D eigenvalue weighted by Gasteiger charge is 2.24. The van der Waals surface area contributed by atoms with Crippen molar-refractivity contribution in [3.05, 3.63) is 91.3 Å². The highest BCUT2D eigenvalue weighted by Crippen LogP contribution is 2.22. The molecule has 1 aliphatic heterocycles. The molecule has 11 heteroatoms. The summed E-state index contributed by atoms with van der Waals surface area (Å²) in [6.07, 6.45) is 2.99. The van der Waals surface area contributed by atoms with Gasteiger partial charge < -0.3 is 15.0 Å². The lowest BCUT2D eigenvalue weighted by Crippen LogP contribution is -2.42. The highest BCUT2D eigenvalue weighted by atomic mass is 19.2. The van der Waals surface area contributed by atoms with Crippen LogP contribution in [0.1, 0.15) is 16.7 Å². The minimum atomic E-state index is -1.08. The molecule has 176 valence electrons. The molecule has 0 saturated carbocycles. The molecule has 0 radical (unpaired) electrons. The Kier molecular flexibility index (Phi) is 6.26. The van der Waals surface area contributed by atoms with Crippen LogP contribution in [0.25, 0.3) is 6.08 Å².